The third-order valence-corrected chi connectivity index (χ3v) is 4.51. The van der Waals surface area contributed by atoms with Gasteiger partial charge >= 0.3 is 6.18 Å². The molecule has 1 aromatic carbocycles. The van der Waals surface area contributed by atoms with Crippen molar-refractivity contribution < 1.29 is 18.0 Å². The predicted octanol–water partition coefficient (Wildman–Crippen LogP) is 3.18. The maximum Gasteiger partial charge on any atom is 0.416 e. The minimum Gasteiger partial charge on any atom is -0.346 e. The molecule has 2 atom stereocenters. The average molecular weight is 314 g/mol. The molecule has 0 aromatic heterocycles. The molecule has 1 fully saturated rings. The molecule has 1 aromatic rings. The van der Waals surface area contributed by atoms with Gasteiger partial charge in [-0.3, -0.25) is 4.79 Å². The number of nitrogens with two attached hydrogens (primary N) is 1. The lowest BCUT2D eigenvalue weighted by atomic mass is 9.71. The smallest absolute Gasteiger partial charge is 0.346 e. The Kier molecular flexibility index (Phi) is 4.52. The molecule has 3 N–H and O–H groups in total. The summed E-state index contributed by atoms with van der Waals surface area (Å²) in [6, 6.07) is 4.90. The molecule has 0 aliphatic heterocycles. The van der Waals surface area contributed by atoms with E-state index in [9.17, 15) is 18.0 Å². The topological polar surface area (TPSA) is 55.1 Å². The van der Waals surface area contributed by atoms with Gasteiger partial charge in [0.2, 0.25) is 5.91 Å². The Morgan fingerprint density at radius 3 is 2.41 bits per heavy atom. The Balaban J connectivity index is 2.26. The van der Waals surface area contributed by atoms with Gasteiger partial charge in [-0.15, -0.1) is 0 Å². The van der Waals surface area contributed by atoms with E-state index in [0.29, 0.717) is 18.4 Å². The predicted molar refractivity (Wildman–Crippen MR) is 77.9 cm³/mol. The van der Waals surface area contributed by atoms with E-state index in [2.05, 4.69) is 5.32 Å². The molecule has 0 heterocycles. The van der Waals surface area contributed by atoms with E-state index in [1.807, 2.05) is 0 Å². The first kappa shape index (κ1) is 16.8. The minimum atomic E-state index is -4.38. The van der Waals surface area contributed by atoms with Crippen molar-refractivity contribution in [3.05, 3.63) is 35.4 Å². The second-order valence-electron chi connectivity index (χ2n) is 6.15. The quantitative estimate of drug-likeness (QED) is 0.897. The average Bonchev–Trinajstić information content (AvgIpc) is 2.40. The first-order valence-corrected chi connectivity index (χ1v) is 7.41. The van der Waals surface area contributed by atoms with Gasteiger partial charge in [-0.1, -0.05) is 19.1 Å². The maximum atomic E-state index is 12.9. The molecule has 1 aliphatic carbocycles. The third-order valence-electron chi connectivity index (χ3n) is 4.51. The van der Waals surface area contributed by atoms with Crippen LogP contribution in [0.3, 0.4) is 0 Å². The number of carbonyl (C=O) groups is 1. The van der Waals surface area contributed by atoms with Gasteiger partial charge in [0, 0.05) is 12.0 Å². The monoisotopic (exact) mass is 314 g/mol. The van der Waals surface area contributed by atoms with E-state index in [-0.39, 0.29) is 17.9 Å². The molecule has 0 saturated heterocycles. The Morgan fingerprint density at radius 2 is 1.95 bits per heavy atom. The zero-order chi connectivity index (χ0) is 16.5. The first-order chi connectivity index (χ1) is 10.2. The number of rotatable bonds is 4. The van der Waals surface area contributed by atoms with Gasteiger partial charge in [0.1, 0.15) is 0 Å². The van der Waals surface area contributed by atoms with Crippen LogP contribution in [0.25, 0.3) is 0 Å². The fourth-order valence-corrected chi connectivity index (χ4v) is 2.60. The molecule has 1 saturated carbocycles. The zero-order valence-corrected chi connectivity index (χ0v) is 12.7. The zero-order valence-electron chi connectivity index (χ0n) is 12.7. The summed E-state index contributed by atoms with van der Waals surface area (Å²) in [6.45, 7) is 3.46. The van der Waals surface area contributed by atoms with E-state index >= 15 is 0 Å². The van der Waals surface area contributed by atoms with Crippen LogP contribution in [0.15, 0.2) is 24.3 Å². The highest BCUT2D eigenvalue weighted by Gasteiger charge is 2.42. The van der Waals surface area contributed by atoms with Crippen LogP contribution >= 0.6 is 0 Å². The second-order valence-corrected chi connectivity index (χ2v) is 6.15. The Labute approximate surface area is 128 Å². The van der Waals surface area contributed by atoms with Crippen LogP contribution in [-0.4, -0.2) is 11.9 Å². The van der Waals surface area contributed by atoms with Gasteiger partial charge in [-0.2, -0.15) is 13.2 Å². The fourth-order valence-electron chi connectivity index (χ4n) is 2.60. The summed E-state index contributed by atoms with van der Waals surface area (Å²) < 4.78 is 38.6. The molecule has 0 bridgehead atoms. The molecule has 2 rings (SSSR count). The lowest BCUT2D eigenvalue weighted by Gasteiger charge is -2.44. The lowest BCUT2D eigenvalue weighted by Crippen LogP contribution is -2.54. The molecule has 1 amide bonds. The molecular formula is C16H21F3N2O. The molecular weight excluding hydrogens is 293 g/mol. The molecule has 0 spiro atoms. The van der Waals surface area contributed by atoms with Gasteiger partial charge in [0.25, 0.3) is 0 Å². The number of hydrogen-bond acceptors (Lipinski definition) is 2. The van der Waals surface area contributed by atoms with Crippen LogP contribution in [0.5, 0.6) is 0 Å². The number of benzene rings is 1. The van der Waals surface area contributed by atoms with Crippen LogP contribution in [0.2, 0.25) is 0 Å². The van der Waals surface area contributed by atoms with Crippen molar-refractivity contribution in [1.82, 2.24) is 5.32 Å². The van der Waals surface area contributed by atoms with E-state index in [0.717, 1.165) is 18.6 Å². The van der Waals surface area contributed by atoms with Crippen molar-refractivity contribution in [3.63, 3.8) is 0 Å². The van der Waals surface area contributed by atoms with Gasteiger partial charge in [-0.05, 0) is 43.9 Å². The highest BCUT2D eigenvalue weighted by molar-refractivity contribution is 5.80. The van der Waals surface area contributed by atoms with E-state index in [4.69, 9.17) is 5.73 Å². The third kappa shape index (κ3) is 3.27. The summed E-state index contributed by atoms with van der Waals surface area (Å²) in [5.41, 5.74) is 4.86. The molecule has 2 unspecified atom stereocenters. The van der Waals surface area contributed by atoms with Crippen LogP contribution in [0.4, 0.5) is 13.2 Å². The lowest BCUT2D eigenvalue weighted by molar-refractivity contribution is -0.137. The van der Waals surface area contributed by atoms with Crippen LogP contribution < -0.4 is 11.1 Å². The van der Waals surface area contributed by atoms with E-state index in [1.165, 1.54) is 6.07 Å². The highest BCUT2D eigenvalue weighted by Crippen LogP contribution is 2.43. The Bertz CT molecular complexity index is 551. The van der Waals surface area contributed by atoms with E-state index in [1.54, 1.807) is 19.9 Å². The minimum absolute atomic E-state index is 0.216. The molecule has 122 valence electrons. The van der Waals surface area contributed by atoms with Crippen molar-refractivity contribution in [3.8, 4) is 0 Å². The van der Waals surface area contributed by atoms with Gasteiger partial charge < -0.3 is 11.1 Å². The molecule has 1 aliphatic rings. The number of nitrogens with one attached hydrogen (secondary N) is 1. The number of hydrogen-bond donors (Lipinski definition) is 2. The van der Waals surface area contributed by atoms with Crippen molar-refractivity contribution in [2.24, 2.45) is 11.7 Å². The maximum absolute atomic E-state index is 12.9. The van der Waals surface area contributed by atoms with Crippen LogP contribution in [-0.2, 0) is 16.5 Å². The summed E-state index contributed by atoms with van der Waals surface area (Å²) in [5.74, 6) is -0.601. The summed E-state index contributed by atoms with van der Waals surface area (Å²) in [5, 5.41) is 2.92. The number of carbonyl (C=O) groups excluding carboxylic acids is 1. The standard InChI is InChI=1S/C16H21F3N2O/c1-10(11(2)20)14(22)21-15(7-4-8-15)12-5-3-6-13(9-12)16(17,18)19/h3,5-6,9-11H,4,7-8,20H2,1-2H3,(H,21,22). The molecule has 22 heavy (non-hydrogen) atoms. The second kappa shape index (κ2) is 5.91. The molecule has 0 radical (unpaired) electrons. The van der Waals surface area contributed by atoms with Gasteiger partial charge in [-0.25, -0.2) is 0 Å². The Morgan fingerprint density at radius 1 is 1.32 bits per heavy atom. The highest BCUT2D eigenvalue weighted by atomic mass is 19.4. The van der Waals surface area contributed by atoms with Crippen LogP contribution in [0, 0.1) is 5.92 Å². The van der Waals surface area contributed by atoms with E-state index < -0.39 is 17.3 Å². The van der Waals surface area contributed by atoms with Gasteiger partial charge in [0.15, 0.2) is 0 Å². The number of amides is 1. The number of alkyl halides is 3. The fraction of sp³-hybridized carbons (Fsp3) is 0.562. The van der Waals surface area contributed by atoms with Crippen molar-refractivity contribution in [1.29, 1.82) is 0 Å². The Hall–Kier alpha value is -1.56. The normalized spacial score (nSPS) is 19.9. The van der Waals surface area contributed by atoms with Crippen molar-refractivity contribution in [2.45, 2.75) is 50.9 Å². The first-order valence-electron chi connectivity index (χ1n) is 7.41. The largest absolute Gasteiger partial charge is 0.416 e. The summed E-state index contributed by atoms with van der Waals surface area (Å²) >= 11 is 0. The van der Waals surface area contributed by atoms with Gasteiger partial charge in [0.05, 0.1) is 11.1 Å². The van der Waals surface area contributed by atoms with Crippen molar-refractivity contribution in [2.75, 3.05) is 0 Å². The molecule has 3 nitrogen and oxygen atoms in total. The number of halogens is 3. The molecule has 6 heteroatoms. The summed E-state index contributed by atoms with van der Waals surface area (Å²) in [4.78, 5) is 12.2. The van der Waals surface area contributed by atoms with Crippen LogP contribution in [0.1, 0.15) is 44.2 Å². The van der Waals surface area contributed by atoms with Crippen molar-refractivity contribution >= 4 is 5.91 Å². The summed E-state index contributed by atoms with van der Waals surface area (Å²) in [6.07, 6.45) is -2.22. The summed E-state index contributed by atoms with van der Waals surface area (Å²) in [7, 11) is 0. The SMILES string of the molecule is CC(N)C(C)C(=O)NC1(c2cccc(C(F)(F)F)c2)CCC1.